The van der Waals surface area contributed by atoms with Gasteiger partial charge in [-0.05, 0) is 58.8 Å². The number of hydrogen-bond acceptors (Lipinski definition) is 3. The van der Waals surface area contributed by atoms with Crippen molar-refractivity contribution in [2.45, 2.75) is 44.8 Å². The number of fused-ring (bicyclic) bond motifs is 1. The first-order valence-corrected chi connectivity index (χ1v) is 9.70. The molecule has 0 amide bonds. The summed E-state index contributed by atoms with van der Waals surface area (Å²) in [5.74, 6) is -1.01. The van der Waals surface area contributed by atoms with Crippen molar-refractivity contribution >= 4 is 23.4 Å². The van der Waals surface area contributed by atoms with E-state index in [1.54, 1.807) is 0 Å². The van der Waals surface area contributed by atoms with Gasteiger partial charge in [0.15, 0.2) is 0 Å². The molecule has 0 aromatic heterocycles. The molecule has 2 unspecified atom stereocenters. The zero-order valence-corrected chi connectivity index (χ0v) is 15.4. The van der Waals surface area contributed by atoms with E-state index in [1.807, 2.05) is 11.8 Å². The number of aliphatic carboxylic acids is 1. The van der Waals surface area contributed by atoms with Crippen LogP contribution in [-0.4, -0.2) is 24.7 Å². The van der Waals surface area contributed by atoms with Crippen molar-refractivity contribution in [2.75, 3.05) is 18.5 Å². The number of thioether (sulfide) groups is 1. The molecular formula is C20H25NO2S. The third-order valence-corrected chi connectivity index (χ3v) is 7.40. The van der Waals surface area contributed by atoms with Gasteiger partial charge in [-0.25, -0.2) is 0 Å². The van der Waals surface area contributed by atoms with Crippen LogP contribution in [0.1, 0.15) is 49.5 Å². The summed E-state index contributed by atoms with van der Waals surface area (Å²) in [6.45, 7) is 5.56. The normalized spacial score (nSPS) is 28.0. The number of carboxylic acid groups (broad SMARTS) is 1. The van der Waals surface area contributed by atoms with Crippen molar-refractivity contribution in [1.29, 1.82) is 0 Å². The molecule has 3 aliphatic rings. The Kier molecular flexibility index (Phi) is 3.72. The molecule has 4 rings (SSSR count). The lowest BCUT2D eigenvalue weighted by Gasteiger charge is -2.31. The number of hydrogen-bond donors (Lipinski definition) is 1. The molecule has 0 saturated heterocycles. The number of carbonyl (C=O) groups is 1. The molecule has 4 heteroatoms. The molecule has 0 bridgehead atoms. The minimum absolute atomic E-state index is 0.0443. The monoisotopic (exact) mass is 343 g/mol. The van der Waals surface area contributed by atoms with E-state index in [9.17, 15) is 9.90 Å². The van der Waals surface area contributed by atoms with Crippen LogP contribution < -0.4 is 4.90 Å². The smallest absolute Gasteiger partial charge is 0.312 e. The highest BCUT2D eigenvalue weighted by molar-refractivity contribution is 8.03. The van der Waals surface area contributed by atoms with Crippen molar-refractivity contribution in [3.63, 3.8) is 0 Å². The molecule has 2 heterocycles. The van der Waals surface area contributed by atoms with Gasteiger partial charge in [-0.3, -0.25) is 4.79 Å². The topological polar surface area (TPSA) is 40.5 Å². The average Bonchev–Trinajstić information content (AvgIpc) is 3.07. The van der Waals surface area contributed by atoms with Crippen LogP contribution in [0, 0.1) is 11.3 Å². The highest BCUT2D eigenvalue weighted by Gasteiger charge is 2.45. The summed E-state index contributed by atoms with van der Waals surface area (Å²) in [6.07, 6.45) is 4.16. The van der Waals surface area contributed by atoms with Crippen LogP contribution in [0.3, 0.4) is 0 Å². The van der Waals surface area contributed by atoms with E-state index in [0.29, 0.717) is 0 Å². The van der Waals surface area contributed by atoms with Gasteiger partial charge in [-0.2, -0.15) is 0 Å². The van der Waals surface area contributed by atoms with Gasteiger partial charge < -0.3 is 10.0 Å². The van der Waals surface area contributed by atoms with E-state index >= 15 is 0 Å². The van der Waals surface area contributed by atoms with Crippen molar-refractivity contribution in [3.8, 4) is 0 Å². The molecule has 24 heavy (non-hydrogen) atoms. The van der Waals surface area contributed by atoms with E-state index < -0.39 is 5.97 Å². The fourth-order valence-corrected chi connectivity index (χ4v) is 6.19. The Morgan fingerprint density at radius 2 is 2.12 bits per heavy atom. The van der Waals surface area contributed by atoms with Gasteiger partial charge in [0.25, 0.3) is 0 Å². The summed E-state index contributed by atoms with van der Waals surface area (Å²) in [4.78, 5) is 15.8. The summed E-state index contributed by atoms with van der Waals surface area (Å²) in [5.41, 5.74) is 5.32. The summed E-state index contributed by atoms with van der Waals surface area (Å²) < 4.78 is 0. The molecule has 1 aromatic rings. The van der Waals surface area contributed by atoms with Crippen LogP contribution in [0.2, 0.25) is 0 Å². The van der Waals surface area contributed by atoms with Crippen molar-refractivity contribution < 1.29 is 9.90 Å². The SMILES string of the molecule is CN1CCc2c(C3SC4=C(CC(C)(C)CC4)C3C(=O)O)cccc21. The lowest BCUT2D eigenvalue weighted by Crippen LogP contribution is -2.25. The molecule has 0 fully saturated rings. The number of likely N-dealkylation sites (N-methyl/N-ethyl adjacent to an activating group) is 1. The van der Waals surface area contributed by atoms with Crippen LogP contribution in [-0.2, 0) is 11.2 Å². The standard InChI is InChI=1S/C20H25NO2S/c1-20(2)9-7-16-14(11-20)17(19(22)23)18(24-16)13-5-4-6-15-12(13)8-10-21(15)3/h4-6,17-18H,7-11H2,1-3H3,(H,22,23). The molecule has 0 saturated carbocycles. The van der Waals surface area contributed by atoms with Gasteiger partial charge in [-0.1, -0.05) is 26.0 Å². The molecule has 0 radical (unpaired) electrons. The zero-order chi connectivity index (χ0) is 17.1. The van der Waals surface area contributed by atoms with Crippen LogP contribution >= 0.6 is 11.8 Å². The van der Waals surface area contributed by atoms with Gasteiger partial charge in [0.05, 0.1) is 11.2 Å². The van der Waals surface area contributed by atoms with Crippen LogP contribution in [0.5, 0.6) is 0 Å². The Labute approximate surface area is 148 Å². The van der Waals surface area contributed by atoms with E-state index in [1.165, 1.54) is 27.3 Å². The van der Waals surface area contributed by atoms with Crippen LogP contribution in [0.25, 0.3) is 0 Å². The summed E-state index contributed by atoms with van der Waals surface area (Å²) >= 11 is 1.83. The first kappa shape index (κ1) is 16.1. The minimum Gasteiger partial charge on any atom is -0.481 e. The van der Waals surface area contributed by atoms with Gasteiger partial charge in [-0.15, -0.1) is 11.8 Å². The Hall–Kier alpha value is -1.42. The molecule has 0 spiro atoms. The average molecular weight is 343 g/mol. The Morgan fingerprint density at radius 3 is 2.88 bits per heavy atom. The molecule has 3 nitrogen and oxygen atoms in total. The summed E-state index contributed by atoms with van der Waals surface area (Å²) in [7, 11) is 2.12. The first-order chi connectivity index (χ1) is 11.4. The number of allylic oxidation sites excluding steroid dienone is 1. The number of rotatable bonds is 2. The van der Waals surface area contributed by atoms with Gasteiger partial charge in [0.2, 0.25) is 0 Å². The second-order valence-corrected chi connectivity index (χ2v) is 9.40. The first-order valence-electron chi connectivity index (χ1n) is 8.82. The Bertz CT molecular complexity index is 737. The number of nitrogens with zero attached hydrogens (tertiary/aromatic N) is 1. The fourth-order valence-electron chi connectivity index (χ4n) is 4.55. The van der Waals surface area contributed by atoms with E-state index in [4.69, 9.17) is 0 Å². The van der Waals surface area contributed by atoms with Crippen molar-refractivity contribution in [3.05, 3.63) is 39.8 Å². The van der Waals surface area contributed by atoms with E-state index in [2.05, 4.69) is 44.0 Å². The third-order valence-electron chi connectivity index (χ3n) is 5.87. The second-order valence-electron chi connectivity index (χ2n) is 8.16. The number of anilines is 1. The lowest BCUT2D eigenvalue weighted by atomic mass is 9.73. The van der Waals surface area contributed by atoms with Crippen molar-refractivity contribution in [2.24, 2.45) is 11.3 Å². The zero-order valence-electron chi connectivity index (χ0n) is 14.6. The molecule has 2 aliphatic heterocycles. The molecular weight excluding hydrogens is 318 g/mol. The quantitative estimate of drug-likeness (QED) is 0.850. The van der Waals surface area contributed by atoms with Crippen LogP contribution in [0.15, 0.2) is 28.7 Å². The third kappa shape index (κ3) is 2.46. The maximum atomic E-state index is 12.2. The highest BCUT2D eigenvalue weighted by Crippen LogP contribution is 2.59. The molecule has 1 N–H and O–H groups in total. The number of carboxylic acids is 1. The van der Waals surface area contributed by atoms with Crippen molar-refractivity contribution in [1.82, 2.24) is 0 Å². The predicted molar refractivity (Wildman–Crippen MR) is 99.5 cm³/mol. The van der Waals surface area contributed by atoms with E-state index in [0.717, 1.165) is 32.2 Å². The van der Waals surface area contributed by atoms with Crippen LogP contribution in [0.4, 0.5) is 5.69 Å². The molecule has 1 aliphatic carbocycles. The molecule has 1 aromatic carbocycles. The fraction of sp³-hybridized carbons (Fsp3) is 0.550. The predicted octanol–water partition coefficient (Wildman–Crippen LogP) is 4.63. The van der Waals surface area contributed by atoms with E-state index in [-0.39, 0.29) is 16.6 Å². The number of benzene rings is 1. The molecule has 2 atom stereocenters. The Balaban J connectivity index is 1.75. The van der Waals surface area contributed by atoms with Gasteiger partial charge >= 0.3 is 5.97 Å². The van der Waals surface area contributed by atoms with Gasteiger partial charge in [0.1, 0.15) is 0 Å². The summed E-state index contributed by atoms with van der Waals surface area (Å²) in [6, 6.07) is 6.42. The maximum Gasteiger partial charge on any atom is 0.312 e. The second kappa shape index (κ2) is 5.55. The minimum atomic E-state index is -0.654. The Morgan fingerprint density at radius 1 is 1.33 bits per heavy atom. The summed E-state index contributed by atoms with van der Waals surface area (Å²) in [5, 5.41) is 10.0. The highest BCUT2D eigenvalue weighted by atomic mass is 32.2. The maximum absolute atomic E-state index is 12.2. The largest absolute Gasteiger partial charge is 0.481 e. The molecule has 128 valence electrons. The lowest BCUT2D eigenvalue weighted by molar-refractivity contribution is -0.140. The van der Waals surface area contributed by atoms with Gasteiger partial charge in [0, 0.05) is 19.3 Å².